The summed E-state index contributed by atoms with van der Waals surface area (Å²) in [5.41, 5.74) is 1.73. The van der Waals surface area contributed by atoms with Crippen molar-refractivity contribution >= 4 is 20.0 Å². The Balaban J connectivity index is 2.58. The molecule has 7 nitrogen and oxygen atoms in total. The molecule has 2 aromatic carbocycles. The number of nitrogens with one attached hydrogen (secondary N) is 1. The molecular weight excluding hydrogens is 462 g/mol. The lowest BCUT2D eigenvalue weighted by molar-refractivity contribution is -0.138. The van der Waals surface area contributed by atoms with Gasteiger partial charge in [0.1, 0.15) is 17.2 Å². The van der Waals surface area contributed by atoms with Crippen LogP contribution in [0.4, 0.5) is 5.69 Å². The number of methoxy groups -OCH3 is 3. The van der Waals surface area contributed by atoms with Crippen LogP contribution in [0.5, 0.6) is 23.0 Å². The predicted octanol–water partition coefficient (Wildman–Crippen LogP) is 6.37. The minimum absolute atomic E-state index is 0.00264. The largest absolute Gasteiger partial charge is 0.541 e. The lowest BCUT2D eigenvalue weighted by atomic mass is 9.98. The molecule has 0 aliphatic rings. The van der Waals surface area contributed by atoms with Gasteiger partial charge in [-0.2, -0.15) is 0 Å². The SMILES string of the molecule is C=C(C(=O)OCC)[C@@H](Nc1cc(OC)cc(OC)c1)c1ccc(OC)c(O[Si](C)(C)C(C)(C)C)c1. The van der Waals surface area contributed by atoms with E-state index in [4.69, 9.17) is 23.4 Å². The third kappa shape index (κ3) is 6.94. The number of hydrogen-bond acceptors (Lipinski definition) is 7. The van der Waals surface area contributed by atoms with Crippen molar-refractivity contribution in [1.82, 2.24) is 0 Å². The lowest BCUT2D eigenvalue weighted by Gasteiger charge is -2.37. The molecule has 0 amide bonds. The van der Waals surface area contributed by atoms with Gasteiger partial charge in [-0.25, -0.2) is 4.79 Å². The van der Waals surface area contributed by atoms with E-state index in [9.17, 15) is 4.79 Å². The minimum Gasteiger partial charge on any atom is -0.541 e. The van der Waals surface area contributed by atoms with E-state index in [1.54, 1.807) is 34.3 Å². The summed E-state index contributed by atoms with van der Waals surface area (Å²) in [6.45, 7) is 17.0. The summed E-state index contributed by atoms with van der Waals surface area (Å²) in [5, 5.41) is 3.39. The maximum Gasteiger partial charge on any atom is 0.335 e. The Hall–Kier alpha value is -3.13. The Kier molecular flexibility index (Phi) is 9.26. The van der Waals surface area contributed by atoms with Crippen LogP contribution in [0.25, 0.3) is 0 Å². The molecule has 0 fully saturated rings. The van der Waals surface area contributed by atoms with Crippen LogP contribution < -0.4 is 24.0 Å². The van der Waals surface area contributed by atoms with Gasteiger partial charge in [0.2, 0.25) is 0 Å². The summed E-state index contributed by atoms with van der Waals surface area (Å²) in [5.74, 6) is 2.00. The summed E-state index contributed by atoms with van der Waals surface area (Å²) in [4.78, 5) is 12.7. The van der Waals surface area contributed by atoms with Gasteiger partial charge in [0, 0.05) is 23.9 Å². The number of ether oxygens (including phenoxy) is 4. The summed E-state index contributed by atoms with van der Waals surface area (Å²) in [6, 6.07) is 10.5. The molecule has 0 aliphatic heterocycles. The molecule has 0 aliphatic carbocycles. The van der Waals surface area contributed by atoms with E-state index in [2.05, 4.69) is 45.8 Å². The summed E-state index contributed by atoms with van der Waals surface area (Å²) in [7, 11) is 2.62. The molecule has 0 spiro atoms. The second-order valence-corrected chi connectivity index (χ2v) is 14.4. The van der Waals surface area contributed by atoms with Gasteiger partial charge in [-0.1, -0.05) is 33.4 Å². The van der Waals surface area contributed by atoms with Crippen LogP contribution in [0, 0.1) is 0 Å². The normalized spacial score (nSPS) is 12.4. The average molecular weight is 502 g/mol. The second-order valence-electron chi connectivity index (χ2n) is 9.70. The van der Waals surface area contributed by atoms with Gasteiger partial charge in [0.15, 0.2) is 5.75 Å². The Labute approximate surface area is 210 Å². The fourth-order valence-electron chi connectivity index (χ4n) is 3.15. The molecule has 2 rings (SSSR count). The van der Waals surface area contributed by atoms with Crippen LogP contribution in [0.2, 0.25) is 18.1 Å². The van der Waals surface area contributed by atoms with E-state index < -0.39 is 20.3 Å². The van der Waals surface area contributed by atoms with Crippen LogP contribution in [-0.2, 0) is 9.53 Å². The molecule has 0 saturated carbocycles. The first-order valence-corrected chi connectivity index (χ1v) is 14.5. The molecule has 0 radical (unpaired) electrons. The highest BCUT2D eigenvalue weighted by Gasteiger charge is 2.39. The van der Waals surface area contributed by atoms with Crippen molar-refractivity contribution in [2.75, 3.05) is 33.3 Å². The molecule has 0 bridgehead atoms. The molecule has 1 N–H and O–H groups in total. The van der Waals surface area contributed by atoms with E-state index in [0.717, 1.165) is 5.56 Å². The first-order valence-electron chi connectivity index (χ1n) is 11.6. The molecule has 0 unspecified atom stereocenters. The van der Waals surface area contributed by atoms with Crippen molar-refractivity contribution in [3.63, 3.8) is 0 Å². The monoisotopic (exact) mass is 501 g/mol. The molecular formula is C27H39NO6Si. The molecule has 0 aromatic heterocycles. The zero-order valence-electron chi connectivity index (χ0n) is 22.4. The van der Waals surface area contributed by atoms with Crippen molar-refractivity contribution in [2.45, 2.75) is 51.9 Å². The molecule has 2 aromatic rings. The van der Waals surface area contributed by atoms with E-state index >= 15 is 0 Å². The quantitative estimate of drug-likeness (QED) is 0.218. The van der Waals surface area contributed by atoms with Crippen molar-refractivity contribution < 1.29 is 28.2 Å². The van der Waals surface area contributed by atoms with Crippen LogP contribution in [-0.4, -0.2) is 42.2 Å². The molecule has 192 valence electrons. The van der Waals surface area contributed by atoms with E-state index in [0.29, 0.717) is 28.7 Å². The minimum atomic E-state index is -2.16. The zero-order chi connectivity index (χ0) is 26.4. The first-order chi connectivity index (χ1) is 16.4. The highest BCUT2D eigenvalue weighted by atomic mass is 28.4. The Morgan fingerprint density at radius 3 is 2.06 bits per heavy atom. The highest BCUT2D eigenvalue weighted by molar-refractivity contribution is 6.74. The number of rotatable bonds is 11. The molecule has 1 atom stereocenters. The van der Waals surface area contributed by atoms with Gasteiger partial charge in [0.25, 0.3) is 8.32 Å². The molecule has 0 saturated heterocycles. The van der Waals surface area contributed by atoms with Crippen molar-refractivity contribution in [3.05, 3.63) is 54.1 Å². The number of hydrogen-bond donors (Lipinski definition) is 1. The smallest absolute Gasteiger partial charge is 0.335 e. The van der Waals surface area contributed by atoms with Crippen molar-refractivity contribution in [1.29, 1.82) is 0 Å². The zero-order valence-corrected chi connectivity index (χ0v) is 23.4. The first kappa shape index (κ1) is 28.1. The fraction of sp³-hybridized carbons (Fsp3) is 0.444. The average Bonchev–Trinajstić information content (AvgIpc) is 2.81. The third-order valence-corrected chi connectivity index (χ3v) is 10.6. The maximum absolute atomic E-state index is 12.7. The summed E-state index contributed by atoms with van der Waals surface area (Å²) in [6.07, 6.45) is 0. The Morgan fingerprint density at radius 2 is 1.57 bits per heavy atom. The van der Waals surface area contributed by atoms with Crippen LogP contribution >= 0.6 is 0 Å². The number of benzene rings is 2. The number of carbonyl (C=O) groups is 1. The van der Waals surface area contributed by atoms with Crippen molar-refractivity contribution in [2.24, 2.45) is 0 Å². The third-order valence-electron chi connectivity index (χ3n) is 6.24. The number of esters is 1. The van der Waals surface area contributed by atoms with Gasteiger partial charge in [0.05, 0.1) is 39.6 Å². The van der Waals surface area contributed by atoms with Gasteiger partial charge in [-0.05, 0) is 42.8 Å². The van der Waals surface area contributed by atoms with Gasteiger partial charge in [-0.15, -0.1) is 0 Å². The second kappa shape index (κ2) is 11.5. The standard InChI is InChI=1S/C27H39NO6Si/c1-11-33-26(29)18(2)25(28-20-15-21(30-6)17-22(16-20)31-7)19-12-13-23(32-8)24(14-19)34-35(9,10)27(3,4)5/h12-17,25,28H,2,11H2,1,3-10H3/t25-/m1/s1. The fourth-order valence-corrected chi connectivity index (χ4v) is 4.17. The van der Waals surface area contributed by atoms with E-state index in [1.165, 1.54) is 0 Å². The predicted molar refractivity (Wildman–Crippen MR) is 143 cm³/mol. The topological polar surface area (TPSA) is 75.3 Å². The van der Waals surface area contributed by atoms with Gasteiger partial charge < -0.3 is 28.7 Å². The molecule has 35 heavy (non-hydrogen) atoms. The lowest BCUT2D eigenvalue weighted by Crippen LogP contribution is -2.44. The van der Waals surface area contributed by atoms with Crippen LogP contribution in [0.3, 0.4) is 0 Å². The van der Waals surface area contributed by atoms with Crippen LogP contribution in [0.15, 0.2) is 48.6 Å². The summed E-state index contributed by atoms with van der Waals surface area (Å²) < 4.78 is 28.2. The summed E-state index contributed by atoms with van der Waals surface area (Å²) >= 11 is 0. The van der Waals surface area contributed by atoms with Gasteiger partial charge in [-0.3, -0.25) is 0 Å². The molecule has 0 heterocycles. The highest BCUT2D eigenvalue weighted by Crippen LogP contribution is 2.42. The van der Waals surface area contributed by atoms with Crippen LogP contribution in [0.1, 0.15) is 39.3 Å². The Morgan fingerprint density at radius 1 is 0.971 bits per heavy atom. The maximum atomic E-state index is 12.7. The van der Waals surface area contributed by atoms with E-state index in [1.807, 2.05) is 30.3 Å². The van der Waals surface area contributed by atoms with Gasteiger partial charge >= 0.3 is 5.97 Å². The number of anilines is 1. The van der Waals surface area contributed by atoms with Crippen molar-refractivity contribution in [3.8, 4) is 23.0 Å². The number of carbonyl (C=O) groups excluding carboxylic acids is 1. The van der Waals surface area contributed by atoms with E-state index in [-0.39, 0.29) is 17.2 Å². The molecule has 8 heteroatoms. The Bertz CT molecular complexity index is 1020.